The Kier molecular flexibility index (Phi) is 4.90. The maximum absolute atomic E-state index is 13.4. The first-order valence-electron chi connectivity index (χ1n) is 10.1. The van der Waals surface area contributed by atoms with Crippen molar-refractivity contribution in [1.82, 2.24) is 15.4 Å². The third kappa shape index (κ3) is 3.65. The number of nitrogens with one attached hydrogen (secondary N) is 1. The number of para-hydroxylation sites is 2. The second kappa shape index (κ2) is 7.85. The molecule has 0 spiro atoms. The van der Waals surface area contributed by atoms with Crippen LogP contribution in [0, 0.1) is 5.82 Å². The zero-order chi connectivity index (χ0) is 20.5. The molecule has 3 aromatic rings. The second-order valence-electron chi connectivity index (χ2n) is 7.65. The van der Waals surface area contributed by atoms with Crippen LogP contribution in [0.3, 0.4) is 0 Å². The molecule has 1 N–H and O–H groups in total. The van der Waals surface area contributed by atoms with Gasteiger partial charge in [0.1, 0.15) is 12.4 Å². The Morgan fingerprint density at radius 2 is 1.97 bits per heavy atom. The van der Waals surface area contributed by atoms with E-state index in [0.29, 0.717) is 37.6 Å². The first kappa shape index (κ1) is 18.7. The molecule has 2 amide bonds. The summed E-state index contributed by atoms with van der Waals surface area (Å²) in [6.45, 7) is 2.03. The number of aromatic nitrogens is 1. The molecule has 1 fully saturated rings. The highest BCUT2D eigenvalue weighted by molar-refractivity contribution is 5.80. The van der Waals surface area contributed by atoms with E-state index in [0.717, 1.165) is 29.7 Å². The smallest absolute Gasteiger partial charge is 0.317 e. The van der Waals surface area contributed by atoms with Crippen molar-refractivity contribution in [3.8, 4) is 11.5 Å². The number of rotatable bonds is 3. The van der Waals surface area contributed by atoms with Gasteiger partial charge >= 0.3 is 6.03 Å². The maximum atomic E-state index is 13.4. The zero-order valence-electron chi connectivity index (χ0n) is 16.3. The largest absolute Gasteiger partial charge is 0.486 e. The van der Waals surface area contributed by atoms with Crippen molar-refractivity contribution in [1.29, 1.82) is 0 Å². The van der Waals surface area contributed by atoms with Gasteiger partial charge in [0, 0.05) is 30.5 Å². The summed E-state index contributed by atoms with van der Waals surface area (Å²) >= 11 is 0. The summed E-state index contributed by atoms with van der Waals surface area (Å²) in [6, 6.07) is 11.9. The van der Waals surface area contributed by atoms with E-state index in [9.17, 15) is 9.18 Å². The Labute approximate surface area is 172 Å². The molecule has 1 atom stereocenters. The first-order chi connectivity index (χ1) is 14.7. The molecule has 2 aromatic carbocycles. The Bertz CT molecular complexity index is 1060. The van der Waals surface area contributed by atoms with E-state index in [1.165, 1.54) is 12.1 Å². The van der Waals surface area contributed by atoms with Crippen LogP contribution in [0.4, 0.5) is 9.18 Å². The summed E-state index contributed by atoms with van der Waals surface area (Å²) in [4.78, 5) is 14.4. The lowest BCUT2D eigenvalue weighted by Crippen LogP contribution is -2.48. The highest BCUT2D eigenvalue weighted by Gasteiger charge is 2.28. The van der Waals surface area contributed by atoms with Crippen LogP contribution in [0.5, 0.6) is 11.5 Å². The van der Waals surface area contributed by atoms with Crippen molar-refractivity contribution < 1.29 is 23.2 Å². The van der Waals surface area contributed by atoms with Crippen molar-refractivity contribution in [2.45, 2.75) is 24.9 Å². The fraction of sp³-hybridized carbons (Fsp3) is 0.364. The van der Waals surface area contributed by atoms with Crippen LogP contribution in [0.15, 0.2) is 47.0 Å². The molecule has 156 valence electrons. The number of carbonyl (C=O) groups excluding carboxylic acids is 1. The molecule has 1 aromatic heterocycles. The summed E-state index contributed by atoms with van der Waals surface area (Å²) in [5.41, 5.74) is 1.30. The maximum Gasteiger partial charge on any atom is 0.317 e. The summed E-state index contributed by atoms with van der Waals surface area (Å²) < 4.78 is 30.2. The van der Waals surface area contributed by atoms with E-state index in [4.69, 9.17) is 14.0 Å². The minimum absolute atomic E-state index is 0.108. The van der Waals surface area contributed by atoms with Gasteiger partial charge in [-0.15, -0.1) is 0 Å². The standard InChI is InChI=1S/C22H22FN3O4/c23-15-5-6-17-20(11-15)30-25-21(17)14-7-9-26(10-8-14)22(27)24-12-16-13-28-18-3-1-2-4-19(18)29-16/h1-6,11,14,16H,7-10,12-13H2,(H,24,27)/t16-/m0/s1. The molecule has 3 heterocycles. The summed E-state index contributed by atoms with van der Waals surface area (Å²) in [5.74, 6) is 1.27. The van der Waals surface area contributed by atoms with Gasteiger partial charge in [-0.3, -0.25) is 0 Å². The van der Waals surface area contributed by atoms with Gasteiger partial charge in [0.15, 0.2) is 23.2 Å². The number of fused-ring (bicyclic) bond motifs is 2. The summed E-state index contributed by atoms with van der Waals surface area (Å²) in [6.07, 6.45) is 1.34. The number of carbonyl (C=O) groups is 1. The van der Waals surface area contributed by atoms with Crippen LogP contribution >= 0.6 is 0 Å². The summed E-state index contributed by atoms with van der Waals surface area (Å²) in [7, 11) is 0. The monoisotopic (exact) mass is 411 g/mol. The van der Waals surface area contributed by atoms with Gasteiger partial charge < -0.3 is 24.2 Å². The fourth-order valence-corrected chi connectivity index (χ4v) is 4.06. The molecule has 0 aliphatic carbocycles. The van der Waals surface area contributed by atoms with Crippen LogP contribution in [0.1, 0.15) is 24.5 Å². The topological polar surface area (TPSA) is 76.8 Å². The van der Waals surface area contributed by atoms with E-state index < -0.39 is 0 Å². The Hall–Kier alpha value is -3.29. The Morgan fingerprint density at radius 1 is 1.17 bits per heavy atom. The van der Waals surface area contributed by atoms with Crippen molar-refractivity contribution in [3.05, 3.63) is 54.0 Å². The van der Waals surface area contributed by atoms with Crippen LogP contribution in [-0.4, -0.2) is 48.4 Å². The van der Waals surface area contributed by atoms with Gasteiger partial charge in [-0.25, -0.2) is 9.18 Å². The van der Waals surface area contributed by atoms with Crippen LogP contribution < -0.4 is 14.8 Å². The number of nitrogens with zero attached hydrogens (tertiary/aromatic N) is 2. The van der Waals surface area contributed by atoms with Gasteiger partial charge in [0.05, 0.1) is 12.2 Å². The Morgan fingerprint density at radius 3 is 2.80 bits per heavy atom. The molecular formula is C22H22FN3O4. The quantitative estimate of drug-likeness (QED) is 0.711. The number of likely N-dealkylation sites (tertiary alicyclic amines) is 1. The summed E-state index contributed by atoms with van der Waals surface area (Å²) in [5, 5.41) is 7.94. The minimum atomic E-state index is -0.340. The van der Waals surface area contributed by atoms with E-state index in [-0.39, 0.29) is 23.9 Å². The zero-order valence-corrected chi connectivity index (χ0v) is 16.3. The average Bonchev–Trinajstić information content (AvgIpc) is 3.20. The number of halogens is 1. The van der Waals surface area contributed by atoms with Gasteiger partial charge in [0.2, 0.25) is 0 Å². The predicted molar refractivity (Wildman–Crippen MR) is 107 cm³/mol. The highest BCUT2D eigenvalue weighted by atomic mass is 19.1. The molecule has 0 bridgehead atoms. The molecule has 7 nitrogen and oxygen atoms in total. The minimum Gasteiger partial charge on any atom is -0.486 e. The molecule has 5 rings (SSSR count). The van der Waals surface area contributed by atoms with Gasteiger partial charge in [0.25, 0.3) is 0 Å². The van der Waals surface area contributed by atoms with E-state index in [1.807, 2.05) is 24.3 Å². The number of hydrogen-bond acceptors (Lipinski definition) is 5. The first-order valence-corrected chi connectivity index (χ1v) is 10.1. The number of hydrogen-bond donors (Lipinski definition) is 1. The highest BCUT2D eigenvalue weighted by Crippen LogP contribution is 2.33. The normalized spacial score (nSPS) is 19.1. The van der Waals surface area contributed by atoms with Crippen molar-refractivity contribution in [3.63, 3.8) is 0 Å². The number of benzene rings is 2. The fourth-order valence-electron chi connectivity index (χ4n) is 4.06. The molecule has 0 unspecified atom stereocenters. The predicted octanol–water partition coefficient (Wildman–Crippen LogP) is 3.70. The molecule has 8 heteroatoms. The van der Waals surface area contributed by atoms with E-state index in [2.05, 4.69) is 10.5 Å². The number of ether oxygens (including phenoxy) is 2. The van der Waals surface area contributed by atoms with E-state index >= 15 is 0 Å². The van der Waals surface area contributed by atoms with E-state index in [1.54, 1.807) is 11.0 Å². The van der Waals surface area contributed by atoms with Gasteiger partial charge in [-0.2, -0.15) is 0 Å². The van der Waals surface area contributed by atoms with Crippen molar-refractivity contribution in [2.75, 3.05) is 26.2 Å². The molecule has 2 aliphatic heterocycles. The van der Waals surface area contributed by atoms with Crippen LogP contribution in [0.2, 0.25) is 0 Å². The third-order valence-corrected chi connectivity index (χ3v) is 5.68. The van der Waals surface area contributed by atoms with Crippen LogP contribution in [0.25, 0.3) is 11.0 Å². The number of amides is 2. The molecular weight excluding hydrogens is 389 g/mol. The molecule has 30 heavy (non-hydrogen) atoms. The van der Waals surface area contributed by atoms with Crippen molar-refractivity contribution in [2.24, 2.45) is 0 Å². The molecule has 0 radical (unpaired) electrons. The number of piperidine rings is 1. The number of urea groups is 1. The molecule has 1 saturated heterocycles. The van der Waals surface area contributed by atoms with Gasteiger partial charge in [-0.1, -0.05) is 17.3 Å². The SMILES string of the molecule is O=C(NC[C@H]1COc2ccccc2O1)N1CCC(c2noc3cc(F)ccc23)CC1. The molecule has 2 aliphatic rings. The van der Waals surface area contributed by atoms with Gasteiger partial charge in [-0.05, 0) is 37.1 Å². The Balaban J connectivity index is 1.14. The lowest BCUT2D eigenvalue weighted by Gasteiger charge is -2.32. The average molecular weight is 411 g/mol. The lowest BCUT2D eigenvalue weighted by molar-refractivity contribution is 0.0895. The molecule has 0 saturated carbocycles. The lowest BCUT2D eigenvalue weighted by atomic mass is 9.92. The second-order valence-corrected chi connectivity index (χ2v) is 7.65. The van der Waals surface area contributed by atoms with Crippen molar-refractivity contribution >= 4 is 17.0 Å². The third-order valence-electron chi connectivity index (χ3n) is 5.68. The van der Waals surface area contributed by atoms with Crippen LogP contribution in [-0.2, 0) is 0 Å².